The van der Waals surface area contributed by atoms with E-state index in [-0.39, 0.29) is 23.2 Å². The van der Waals surface area contributed by atoms with Gasteiger partial charge in [-0.05, 0) is 57.1 Å². The first-order valence-corrected chi connectivity index (χ1v) is 11.8. The molecule has 4 rings (SSSR count). The zero-order valence-electron chi connectivity index (χ0n) is 19.5. The Morgan fingerprint density at radius 1 is 1.15 bits per heavy atom. The van der Waals surface area contributed by atoms with Gasteiger partial charge >= 0.3 is 11.7 Å². The van der Waals surface area contributed by atoms with E-state index in [9.17, 15) is 24.8 Å². The van der Waals surface area contributed by atoms with Gasteiger partial charge in [-0.15, -0.1) is 0 Å². The van der Waals surface area contributed by atoms with Crippen molar-refractivity contribution in [2.75, 3.05) is 7.11 Å². The molecule has 0 saturated heterocycles. The summed E-state index contributed by atoms with van der Waals surface area (Å²) in [6.45, 7) is 1.76. The molecular formula is C25H30N2O7. The zero-order valence-corrected chi connectivity index (χ0v) is 19.5. The van der Waals surface area contributed by atoms with Crippen molar-refractivity contribution >= 4 is 17.4 Å². The number of nitrogens with one attached hydrogen (secondary N) is 1. The molecule has 2 aliphatic carbocycles. The van der Waals surface area contributed by atoms with Gasteiger partial charge in [0.2, 0.25) is 5.75 Å². The van der Waals surface area contributed by atoms with Crippen molar-refractivity contribution in [2.45, 2.75) is 76.7 Å². The van der Waals surface area contributed by atoms with Crippen LogP contribution in [0.5, 0.6) is 11.5 Å². The number of dihydropyridines is 1. The SMILES string of the molecule is COc1cc([C@@H]2C(C(=O)OC3CCCCCC3)=C(C)NC3=C2C(=O)CCC3)cc([N+](=O)[O-])c1O. The van der Waals surface area contributed by atoms with Gasteiger partial charge in [-0.1, -0.05) is 12.8 Å². The van der Waals surface area contributed by atoms with E-state index in [1.165, 1.54) is 19.2 Å². The van der Waals surface area contributed by atoms with E-state index in [0.29, 0.717) is 36.1 Å². The molecule has 0 spiro atoms. The number of rotatable bonds is 5. The lowest BCUT2D eigenvalue weighted by molar-refractivity contribution is -0.386. The average molecular weight is 471 g/mol. The topological polar surface area (TPSA) is 128 Å². The highest BCUT2D eigenvalue weighted by molar-refractivity contribution is 6.04. The molecule has 0 radical (unpaired) electrons. The van der Waals surface area contributed by atoms with E-state index in [4.69, 9.17) is 9.47 Å². The smallest absolute Gasteiger partial charge is 0.337 e. The van der Waals surface area contributed by atoms with Gasteiger partial charge in [0.1, 0.15) is 6.10 Å². The number of benzene rings is 1. The van der Waals surface area contributed by atoms with Crippen LogP contribution in [0.25, 0.3) is 0 Å². The predicted molar refractivity (Wildman–Crippen MR) is 123 cm³/mol. The Hall–Kier alpha value is -3.36. The third-order valence-electron chi connectivity index (χ3n) is 6.90. The Labute approximate surface area is 198 Å². The second kappa shape index (κ2) is 9.87. The normalized spacial score (nSPS) is 21.5. The van der Waals surface area contributed by atoms with E-state index >= 15 is 0 Å². The van der Waals surface area contributed by atoms with Gasteiger partial charge in [-0.3, -0.25) is 14.9 Å². The third kappa shape index (κ3) is 4.51. The van der Waals surface area contributed by atoms with Crippen LogP contribution in [0.1, 0.15) is 76.2 Å². The standard InChI is InChI=1S/C25H30N2O7/c1-14-21(25(30)34-16-8-5-3-4-6-9-16)22(23-17(26-14)10-7-11-19(23)28)15-12-18(27(31)32)24(29)20(13-15)33-2/h12-13,16,22,26,29H,3-11H2,1-2H3/t22-/m1/s1. The summed E-state index contributed by atoms with van der Waals surface area (Å²) in [6.07, 6.45) is 7.25. The maximum Gasteiger partial charge on any atom is 0.337 e. The molecule has 1 saturated carbocycles. The van der Waals surface area contributed by atoms with Crippen molar-refractivity contribution in [1.29, 1.82) is 0 Å². The lowest BCUT2D eigenvalue weighted by Crippen LogP contribution is -2.35. The minimum Gasteiger partial charge on any atom is -0.500 e. The summed E-state index contributed by atoms with van der Waals surface area (Å²) in [7, 11) is 1.30. The number of carbonyl (C=O) groups is 2. The Bertz CT molecular complexity index is 1080. The van der Waals surface area contributed by atoms with Gasteiger partial charge in [0, 0.05) is 35.4 Å². The Morgan fingerprint density at radius 3 is 2.50 bits per heavy atom. The Balaban J connectivity index is 1.82. The number of nitrogens with zero attached hydrogens (tertiary/aromatic N) is 1. The van der Waals surface area contributed by atoms with Crippen molar-refractivity contribution < 1.29 is 29.1 Å². The third-order valence-corrected chi connectivity index (χ3v) is 6.90. The predicted octanol–water partition coefficient (Wildman–Crippen LogP) is 4.54. The first-order chi connectivity index (χ1) is 16.3. The fourth-order valence-electron chi connectivity index (χ4n) is 5.24. The number of ether oxygens (including phenoxy) is 2. The van der Waals surface area contributed by atoms with Crippen molar-refractivity contribution in [3.05, 3.63) is 50.4 Å². The molecule has 1 aliphatic heterocycles. The minimum atomic E-state index is -0.851. The van der Waals surface area contributed by atoms with Crippen LogP contribution in [0.4, 0.5) is 5.69 Å². The summed E-state index contributed by atoms with van der Waals surface area (Å²) in [6, 6.07) is 2.67. The first-order valence-electron chi connectivity index (χ1n) is 11.8. The number of hydrogen-bond acceptors (Lipinski definition) is 8. The van der Waals surface area contributed by atoms with E-state index < -0.39 is 28.2 Å². The van der Waals surface area contributed by atoms with Crippen molar-refractivity contribution in [1.82, 2.24) is 5.32 Å². The molecule has 3 aliphatic rings. The van der Waals surface area contributed by atoms with Gasteiger partial charge in [-0.25, -0.2) is 4.79 Å². The molecule has 1 heterocycles. The largest absolute Gasteiger partial charge is 0.500 e. The lowest BCUT2D eigenvalue weighted by atomic mass is 9.75. The number of allylic oxidation sites excluding steroid dienone is 3. The summed E-state index contributed by atoms with van der Waals surface area (Å²) in [4.78, 5) is 37.5. The van der Waals surface area contributed by atoms with Crippen molar-refractivity contribution in [2.24, 2.45) is 0 Å². The number of esters is 1. The van der Waals surface area contributed by atoms with Crippen LogP contribution in [-0.2, 0) is 14.3 Å². The van der Waals surface area contributed by atoms with E-state index in [0.717, 1.165) is 44.2 Å². The molecule has 2 N–H and O–H groups in total. The van der Waals surface area contributed by atoms with Gasteiger partial charge < -0.3 is 19.9 Å². The van der Waals surface area contributed by atoms with Crippen molar-refractivity contribution in [3.63, 3.8) is 0 Å². The van der Waals surface area contributed by atoms with E-state index in [1.807, 2.05) is 0 Å². The summed E-state index contributed by atoms with van der Waals surface area (Å²) < 4.78 is 11.1. The molecule has 1 aromatic rings. The van der Waals surface area contributed by atoms with Crippen LogP contribution >= 0.6 is 0 Å². The summed E-state index contributed by atoms with van der Waals surface area (Å²) >= 11 is 0. The molecule has 182 valence electrons. The number of nitro groups is 1. The van der Waals surface area contributed by atoms with Crippen LogP contribution in [0.15, 0.2) is 34.7 Å². The number of methoxy groups -OCH3 is 1. The van der Waals surface area contributed by atoms with Crippen LogP contribution in [0.2, 0.25) is 0 Å². The fourth-order valence-corrected chi connectivity index (χ4v) is 5.24. The van der Waals surface area contributed by atoms with Gasteiger partial charge in [-0.2, -0.15) is 0 Å². The van der Waals surface area contributed by atoms with Crippen molar-refractivity contribution in [3.8, 4) is 11.5 Å². The Morgan fingerprint density at radius 2 is 1.85 bits per heavy atom. The number of Topliss-reactive ketones (excluding diaryl/α,β-unsaturated/α-hetero) is 1. The second-order valence-electron chi connectivity index (χ2n) is 9.13. The summed E-state index contributed by atoms with van der Waals surface area (Å²) in [5.74, 6) is -2.18. The monoisotopic (exact) mass is 470 g/mol. The second-order valence-corrected chi connectivity index (χ2v) is 9.13. The molecule has 9 nitrogen and oxygen atoms in total. The summed E-state index contributed by atoms with van der Waals surface area (Å²) in [5, 5.41) is 25.1. The minimum absolute atomic E-state index is 0.0951. The number of hydrogen-bond donors (Lipinski definition) is 2. The summed E-state index contributed by atoms with van der Waals surface area (Å²) in [5.41, 5.74) is 1.75. The number of ketones is 1. The maximum absolute atomic E-state index is 13.5. The quantitative estimate of drug-likeness (QED) is 0.278. The maximum atomic E-state index is 13.5. The number of phenols is 1. The highest BCUT2D eigenvalue weighted by Gasteiger charge is 2.41. The van der Waals surface area contributed by atoms with E-state index in [1.54, 1.807) is 6.92 Å². The molecule has 0 unspecified atom stereocenters. The van der Waals surface area contributed by atoms with Crippen LogP contribution < -0.4 is 10.1 Å². The Kier molecular flexibility index (Phi) is 6.90. The average Bonchev–Trinajstić information content (AvgIpc) is 3.07. The van der Waals surface area contributed by atoms with Gasteiger partial charge in [0.05, 0.1) is 17.6 Å². The molecule has 0 aromatic heterocycles. The molecule has 0 amide bonds. The molecule has 0 bridgehead atoms. The molecule has 9 heteroatoms. The number of carbonyl (C=O) groups excluding carboxylic acids is 2. The van der Waals surface area contributed by atoms with Crippen LogP contribution in [-0.4, -0.2) is 35.0 Å². The number of nitro benzene ring substituents is 1. The molecule has 34 heavy (non-hydrogen) atoms. The number of aromatic hydroxyl groups is 1. The molecule has 1 aromatic carbocycles. The van der Waals surface area contributed by atoms with Crippen LogP contribution in [0, 0.1) is 10.1 Å². The fraction of sp³-hybridized carbons (Fsp3) is 0.520. The zero-order chi connectivity index (χ0) is 24.4. The highest BCUT2D eigenvalue weighted by Crippen LogP contribution is 2.47. The van der Waals surface area contributed by atoms with Gasteiger partial charge in [0.25, 0.3) is 0 Å². The molecular weight excluding hydrogens is 440 g/mol. The number of phenolic OH excluding ortho intramolecular Hbond substituents is 1. The van der Waals surface area contributed by atoms with E-state index in [2.05, 4.69) is 5.32 Å². The first kappa shape index (κ1) is 23.8. The van der Waals surface area contributed by atoms with Gasteiger partial charge in [0.15, 0.2) is 11.5 Å². The van der Waals surface area contributed by atoms with Crippen LogP contribution in [0.3, 0.4) is 0 Å². The highest BCUT2D eigenvalue weighted by atomic mass is 16.6. The lowest BCUT2D eigenvalue weighted by Gasteiger charge is -2.34. The molecule has 1 fully saturated rings. The molecule has 1 atom stereocenters.